The van der Waals surface area contributed by atoms with Crippen LogP contribution in [-0.4, -0.2) is 38.9 Å². The first-order valence-electron chi connectivity index (χ1n) is 8.21. The Bertz CT molecular complexity index is 846. The molecule has 0 aromatic heterocycles. The molecule has 134 valence electrons. The zero-order valence-electron chi connectivity index (χ0n) is 14.0. The molecule has 25 heavy (non-hydrogen) atoms. The van der Waals surface area contributed by atoms with Crippen LogP contribution in [0.5, 0.6) is 0 Å². The lowest BCUT2D eigenvalue weighted by Crippen LogP contribution is -2.48. The molecule has 1 aliphatic heterocycles. The molecule has 0 saturated carbocycles. The SMILES string of the molecule is CCc1ccc(S(=O)(=O)N2CCN(c3cccc(Cl)c3Cl)CC2)cc1. The van der Waals surface area contributed by atoms with Gasteiger partial charge >= 0.3 is 0 Å². The van der Waals surface area contributed by atoms with Crippen molar-refractivity contribution in [3.05, 3.63) is 58.1 Å². The van der Waals surface area contributed by atoms with Crippen molar-refractivity contribution in [3.63, 3.8) is 0 Å². The van der Waals surface area contributed by atoms with Gasteiger partial charge in [0.2, 0.25) is 10.0 Å². The van der Waals surface area contributed by atoms with Crippen LogP contribution in [0.1, 0.15) is 12.5 Å². The van der Waals surface area contributed by atoms with Crippen LogP contribution in [0, 0.1) is 0 Å². The van der Waals surface area contributed by atoms with Gasteiger partial charge < -0.3 is 4.90 Å². The Hall–Kier alpha value is -1.27. The molecule has 1 saturated heterocycles. The molecule has 3 rings (SSSR count). The molecule has 2 aromatic carbocycles. The van der Waals surface area contributed by atoms with Crippen molar-refractivity contribution in [2.45, 2.75) is 18.2 Å². The van der Waals surface area contributed by atoms with Gasteiger partial charge in [0.1, 0.15) is 0 Å². The van der Waals surface area contributed by atoms with E-state index in [2.05, 4.69) is 4.90 Å². The number of sulfonamides is 1. The van der Waals surface area contributed by atoms with Crippen LogP contribution < -0.4 is 4.90 Å². The van der Waals surface area contributed by atoms with Crippen molar-refractivity contribution in [1.82, 2.24) is 4.31 Å². The second-order valence-corrected chi connectivity index (χ2v) is 8.68. The van der Waals surface area contributed by atoms with Crippen molar-refractivity contribution < 1.29 is 8.42 Å². The van der Waals surface area contributed by atoms with Gasteiger partial charge in [-0.25, -0.2) is 8.42 Å². The summed E-state index contributed by atoms with van der Waals surface area (Å²) in [6, 6.07) is 12.6. The predicted molar refractivity (Wildman–Crippen MR) is 103 cm³/mol. The van der Waals surface area contributed by atoms with Gasteiger partial charge in [-0.1, -0.05) is 48.3 Å². The molecule has 0 spiro atoms. The van der Waals surface area contributed by atoms with Gasteiger partial charge in [0.05, 0.1) is 20.6 Å². The third-order valence-corrected chi connectivity index (χ3v) is 7.20. The van der Waals surface area contributed by atoms with Crippen LogP contribution in [0.15, 0.2) is 47.4 Å². The highest BCUT2D eigenvalue weighted by molar-refractivity contribution is 7.89. The number of nitrogens with zero attached hydrogens (tertiary/aromatic N) is 2. The lowest BCUT2D eigenvalue weighted by molar-refractivity contribution is 0.385. The van der Waals surface area contributed by atoms with E-state index >= 15 is 0 Å². The summed E-state index contributed by atoms with van der Waals surface area (Å²) in [4.78, 5) is 2.42. The number of halogens is 2. The summed E-state index contributed by atoms with van der Waals surface area (Å²) in [6.45, 7) is 4.03. The quantitative estimate of drug-likeness (QED) is 0.779. The molecule has 1 heterocycles. The Morgan fingerprint density at radius 1 is 0.960 bits per heavy atom. The normalized spacial score (nSPS) is 16.2. The molecule has 4 nitrogen and oxygen atoms in total. The van der Waals surface area contributed by atoms with E-state index in [0.29, 0.717) is 41.1 Å². The summed E-state index contributed by atoms with van der Waals surface area (Å²) in [5.74, 6) is 0. The molecular weight excluding hydrogens is 379 g/mol. The summed E-state index contributed by atoms with van der Waals surface area (Å²) in [5.41, 5.74) is 1.97. The molecule has 1 aliphatic rings. The summed E-state index contributed by atoms with van der Waals surface area (Å²) in [7, 11) is -3.46. The summed E-state index contributed by atoms with van der Waals surface area (Å²) in [5, 5.41) is 1.01. The van der Waals surface area contributed by atoms with E-state index in [-0.39, 0.29) is 0 Å². The number of rotatable bonds is 4. The smallest absolute Gasteiger partial charge is 0.243 e. The molecular formula is C18H20Cl2N2O2S. The number of hydrogen-bond acceptors (Lipinski definition) is 3. The predicted octanol–water partition coefficient (Wildman–Crippen LogP) is 4.07. The molecule has 0 bridgehead atoms. The fourth-order valence-electron chi connectivity index (χ4n) is 2.95. The minimum Gasteiger partial charge on any atom is -0.368 e. The van der Waals surface area contributed by atoms with Crippen LogP contribution in [-0.2, 0) is 16.4 Å². The van der Waals surface area contributed by atoms with Crippen molar-refractivity contribution in [1.29, 1.82) is 0 Å². The van der Waals surface area contributed by atoms with E-state index < -0.39 is 10.0 Å². The van der Waals surface area contributed by atoms with E-state index in [1.807, 2.05) is 31.2 Å². The topological polar surface area (TPSA) is 40.6 Å². The van der Waals surface area contributed by atoms with E-state index in [0.717, 1.165) is 17.7 Å². The average Bonchev–Trinajstić information content (AvgIpc) is 2.64. The van der Waals surface area contributed by atoms with E-state index in [1.54, 1.807) is 18.2 Å². The summed E-state index contributed by atoms with van der Waals surface area (Å²) in [6.07, 6.45) is 0.888. The summed E-state index contributed by atoms with van der Waals surface area (Å²) < 4.78 is 27.2. The third-order valence-electron chi connectivity index (χ3n) is 4.48. The highest BCUT2D eigenvalue weighted by Gasteiger charge is 2.29. The molecule has 0 N–H and O–H groups in total. The fraction of sp³-hybridized carbons (Fsp3) is 0.333. The Kier molecular flexibility index (Phi) is 5.58. The van der Waals surface area contributed by atoms with Crippen LogP contribution in [0.25, 0.3) is 0 Å². The Labute approximate surface area is 159 Å². The highest BCUT2D eigenvalue weighted by atomic mass is 35.5. The van der Waals surface area contributed by atoms with Crippen LogP contribution in [0.3, 0.4) is 0 Å². The number of aryl methyl sites for hydroxylation is 1. The van der Waals surface area contributed by atoms with Gasteiger partial charge in [0.15, 0.2) is 0 Å². The molecule has 0 atom stereocenters. The first-order valence-corrected chi connectivity index (χ1v) is 10.4. The number of hydrogen-bond donors (Lipinski definition) is 0. The Morgan fingerprint density at radius 3 is 2.20 bits per heavy atom. The molecule has 2 aromatic rings. The maximum absolute atomic E-state index is 12.8. The van der Waals surface area contributed by atoms with Gasteiger partial charge in [-0.3, -0.25) is 0 Å². The van der Waals surface area contributed by atoms with E-state index in [4.69, 9.17) is 23.2 Å². The fourth-order valence-corrected chi connectivity index (χ4v) is 4.79. The molecule has 7 heteroatoms. The third kappa shape index (κ3) is 3.80. The van der Waals surface area contributed by atoms with E-state index in [9.17, 15) is 8.42 Å². The lowest BCUT2D eigenvalue weighted by atomic mass is 10.2. The Morgan fingerprint density at radius 2 is 1.60 bits per heavy atom. The van der Waals surface area contributed by atoms with Crippen molar-refractivity contribution >= 4 is 38.9 Å². The monoisotopic (exact) mass is 398 g/mol. The number of benzene rings is 2. The van der Waals surface area contributed by atoms with Gasteiger partial charge in [0, 0.05) is 26.2 Å². The Balaban J connectivity index is 1.73. The van der Waals surface area contributed by atoms with Gasteiger partial charge in [-0.2, -0.15) is 4.31 Å². The number of anilines is 1. The first-order chi connectivity index (χ1) is 11.9. The van der Waals surface area contributed by atoms with Gasteiger partial charge in [0.25, 0.3) is 0 Å². The van der Waals surface area contributed by atoms with Crippen LogP contribution in [0.2, 0.25) is 10.0 Å². The highest BCUT2D eigenvalue weighted by Crippen LogP contribution is 2.33. The molecule has 0 aliphatic carbocycles. The standard InChI is InChI=1S/C18H20Cl2N2O2S/c1-2-14-6-8-15(9-7-14)25(23,24)22-12-10-21(11-13-22)17-5-3-4-16(19)18(17)20/h3-9H,2,10-13H2,1H3. The number of piperazine rings is 1. The average molecular weight is 399 g/mol. The first kappa shape index (κ1) is 18.5. The molecule has 1 fully saturated rings. The minimum atomic E-state index is -3.46. The lowest BCUT2D eigenvalue weighted by Gasteiger charge is -2.35. The maximum Gasteiger partial charge on any atom is 0.243 e. The van der Waals surface area contributed by atoms with Crippen molar-refractivity contribution in [3.8, 4) is 0 Å². The van der Waals surface area contributed by atoms with Crippen molar-refractivity contribution in [2.75, 3.05) is 31.1 Å². The molecule has 0 amide bonds. The van der Waals surface area contributed by atoms with Crippen LogP contribution >= 0.6 is 23.2 Å². The summed E-state index contributed by atoms with van der Waals surface area (Å²) >= 11 is 12.3. The minimum absolute atomic E-state index is 0.346. The van der Waals surface area contributed by atoms with Gasteiger partial charge in [-0.15, -0.1) is 0 Å². The van der Waals surface area contributed by atoms with E-state index in [1.165, 1.54) is 4.31 Å². The molecule has 0 unspecified atom stereocenters. The zero-order chi connectivity index (χ0) is 18.0. The zero-order valence-corrected chi connectivity index (χ0v) is 16.3. The molecule has 0 radical (unpaired) electrons. The largest absolute Gasteiger partial charge is 0.368 e. The van der Waals surface area contributed by atoms with Crippen LogP contribution in [0.4, 0.5) is 5.69 Å². The van der Waals surface area contributed by atoms with Gasteiger partial charge in [-0.05, 0) is 36.2 Å². The second-order valence-electron chi connectivity index (χ2n) is 5.96. The maximum atomic E-state index is 12.8. The second kappa shape index (κ2) is 7.54. The van der Waals surface area contributed by atoms with Crippen molar-refractivity contribution in [2.24, 2.45) is 0 Å².